The molecular weight excluding hydrogens is 242 g/mol. The predicted molar refractivity (Wildman–Crippen MR) is 73.3 cm³/mol. The van der Waals surface area contributed by atoms with Crippen molar-refractivity contribution in [3.05, 3.63) is 33.4 Å². The third kappa shape index (κ3) is 3.25. The van der Waals surface area contributed by atoms with Crippen molar-refractivity contribution in [2.45, 2.75) is 52.5 Å². The molecule has 1 heterocycles. The van der Waals surface area contributed by atoms with E-state index in [1.54, 1.807) is 13.8 Å². The molecule has 4 heteroatoms. The second kappa shape index (κ2) is 5.59. The molecule has 0 saturated heterocycles. The maximum Gasteiger partial charge on any atom is 0.336 e. The summed E-state index contributed by atoms with van der Waals surface area (Å²) in [6, 6.07) is 1.61. The van der Waals surface area contributed by atoms with E-state index in [4.69, 9.17) is 4.42 Å². The van der Waals surface area contributed by atoms with Crippen molar-refractivity contribution in [1.29, 1.82) is 0 Å². The summed E-state index contributed by atoms with van der Waals surface area (Å²) in [6.45, 7) is 5.67. The highest BCUT2D eigenvalue weighted by molar-refractivity contribution is 5.96. The lowest BCUT2D eigenvalue weighted by Crippen LogP contribution is -2.38. The van der Waals surface area contributed by atoms with Gasteiger partial charge in [0.2, 0.25) is 0 Å². The van der Waals surface area contributed by atoms with Gasteiger partial charge in [-0.25, -0.2) is 4.79 Å². The van der Waals surface area contributed by atoms with E-state index in [9.17, 15) is 9.59 Å². The molecule has 1 N–H and O–H groups in total. The lowest BCUT2D eigenvalue weighted by Gasteiger charge is -2.27. The number of aryl methyl sites for hydroxylation is 2. The van der Waals surface area contributed by atoms with Gasteiger partial charge in [0.25, 0.3) is 5.91 Å². The molecule has 0 aliphatic heterocycles. The van der Waals surface area contributed by atoms with E-state index >= 15 is 0 Å². The molecule has 1 aromatic heterocycles. The van der Waals surface area contributed by atoms with Crippen molar-refractivity contribution in [2.75, 3.05) is 0 Å². The van der Waals surface area contributed by atoms with Crippen molar-refractivity contribution in [3.63, 3.8) is 0 Å². The highest BCUT2D eigenvalue weighted by Gasteiger charge is 2.22. The van der Waals surface area contributed by atoms with Crippen LogP contribution in [-0.2, 0) is 0 Å². The first-order chi connectivity index (χ1) is 8.97. The van der Waals surface area contributed by atoms with E-state index < -0.39 is 5.63 Å². The molecule has 4 nitrogen and oxygen atoms in total. The monoisotopic (exact) mass is 263 g/mol. The van der Waals surface area contributed by atoms with Crippen LogP contribution in [0.2, 0.25) is 0 Å². The molecule has 1 saturated carbocycles. The van der Waals surface area contributed by atoms with Gasteiger partial charge in [0, 0.05) is 12.1 Å². The molecule has 0 radical (unpaired) electrons. The number of hydrogen-bond acceptors (Lipinski definition) is 3. The highest BCUT2D eigenvalue weighted by atomic mass is 16.4. The molecule has 19 heavy (non-hydrogen) atoms. The fourth-order valence-corrected chi connectivity index (χ4v) is 2.76. The van der Waals surface area contributed by atoms with Gasteiger partial charge >= 0.3 is 5.63 Å². The Morgan fingerprint density at radius 1 is 1.26 bits per heavy atom. The van der Waals surface area contributed by atoms with Gasteiger partial charge in [-0.1, -0.05) is 6.92 Å². The largest absolute Gasteiger partial charge is 0.427 e. The first kappa shape index (κ1) is 13.8. The van der Waals surface area contributed by atoms with E-state index in [2.05, 4.69) is 12.2 Å². The van der Waals surface area contributed by atoms with E-state index in [1.807, 2.05) is 0 Å². The van der Waals surface area contributed by atoms with Gasteiger partial charge in [-0.2, -0.15) is 0 Å². The highest BCUT2D eigenvalue weighted by Crippen LogP contribution is 2.24. The van der Waals surface area contributed by atoms with Gasteiger partial charge in [-0.05, 0) is 51.0 Å². The lowest BCUT2D eigenvalue weighted by atomic mass is 9.87. The molecule has 0 atom stereocenters. The van der Waals surface area contributed by atoms with Crippen molar-refractivity contribution in [2.24, 2.45) is 5.92 Å². The van der Waals surface area contributed by atoms with Crippen LogP contribution in [0, 0.1) is 19.8 Å². The number of rotatable bonds is 2. The summed E-state index contributed by atoms with van der Waals surface area (Å²) in [6.07, 6.45) is 4.38. The first-order valence-electron chi connectivity index (χ1n) is 6.89. The Bertz CT molecular complexity index is 498. The summed E-state index contributed by atoms with van der Waals surface area (Å²) >= 11 is 0. The van der Waals surface area contributed by atoms with Crippen LogP contribution in [0.4, 0.5) is 0 Å². The van der Waals surface area contributed by atoms with E-state index in [0.717, 1.165) is 31.6 Å². The standard InChI is InChI=1S/C15H21NO3/c1-9-4-6-12(7-5-9)16-15(18)14-10(2)8-13(17)19-11(14)3/h8-9,12H,4-7H2,1-3H3,(H,16,18). The summed E-state index contributed by atoms with van der Waals surface area (Å²) in [7, 11) is 0. The van der Waals surface area contributed by atoms with E-state index in [0.29, 0.717) is 16.9 Å². The van der Waals surface area contributed by atoms with E-state index in [1.165, 1.54) is 6.07 Å². The van der Waals surface area contributed by atoms with Crippen LogP contribution in [0.3, 0.4) is 0 Å². The van der Waals surface area contributed by atoms with Crippen LogP contribution in [0.25, 0.3) is 0 Å². The minimum absolute atomic E-state index is 0.127. The summed E-state index contributed by atoms with van der Waals surface area (Å²) in [5, 5.41) is 3.06. The SMILES string of the molecule is Cc1cc(=O)oc(C)c1C(=O)NC1CCC(C)CC1. The molecule has 1 aliphatic carbocycles. The smallest absolute Gasteiger partial charge is 0.336 e. The van der Waals surface area contributed by atoms with Gasteiger partial charge in [-0.15, -0.1) is 0 Å². The summed E-state index contributed by atoms with van der Waals surface area (Å²) in [5.74, 6) is 1.02. The Balaban J connectivity index is 2.10. The lowest BCUT2D eigenvalue weighted by molar-refractivity contribution is 0.0918. The van der Waals surface area contributed by atoms with Crippen LogP contribution in [0.15, 0.2) is 15.3 Å². The first-order valence-corrected chi connectivity index (χ1v) is 6.89. The number of carbonyl (C=O) groups excluding carboxylic acids is 1. The van der Waals surface area contributed by atoms with Crippen LogP contribution in [-0.4, -0.2) is 11.9 Å². The van der Waals surface area contributed by atoms with Crippen molar-refractivity contribution < 1.29 is 9.21 Å². The summed E-state index contributed by atoms with van der Waals surface area (Å²) in [4.78, 5) is 23.5. The van der Waals surface area contributed by atoms with Crippen molar-refractivity contribution >= 4 is 5.91 Å². The molecule has 1 amide bonds. The zero-order valence-corrected chi connectivity index (χ0v) is 11.8. The Morgan fingerprint density at radius 3 is 2.47 bits per heavy atom. The molecule has 0 spiro atoms. The Hall–Kier alpha value is -1.58. The second-order valence-electron chi connectivity index (χ2n) is 5.61. The maximum absolute atomic E-state index is 12.3. The van der Waals surface area contributed by atoms with E-state index in [-0.39, 0.29) is 11.9 Å². The van der Waals surface area contributed by atoms with Gasteiger partial charge in [0.1, 0.15) is 5.76 Å². The number of hydrogen-bond donors (Lipinski definition) is 1. The zero-order valence-electron chi connectivity index (χ0n) is 11.8. The predicted octanol–water partition coefficient (Wildman–Crippen LogP) is 2.57. The third-order valence-corrected chi connectivity index (χ3v) is 3.91. The van der Waals surface area contributed by atoms with Gasteiger partial charge in [0.05, 0.1) is 5.56 Å². The Labute approximate surface area is 113 Å². The number of nitrogens with one attached hydrogen (secondary N) is 1. The van der Waals surface area contributed by atoms with Crippen LogP contribution >= 0.6 is 0 Å². The minimum atomic E-state index is -0.405. The minimum Gasteiger partial charge on any atom is -0.427 e. The van der Waals surface area contributed by atoms with Crippen molar-refractivity contribution in [1.82, 2.24) is 5.32 Å². The molecule has 0 bridgehead atoms. The average molecular weight is 263 g/mol. The fourth-order valence-electron chi connectivity index (χ4n) is 2.76. The second-order valence-corrected chi connectivity index (χ2v) is 5.61. The van der Waals surface area contributed by atoms with Crippen molar-refractivity contribution in [3.8, 4) is 0 Å². The normalized spacial score (nSPS) is 23.1. The molecular formula is C15H21NO3. The fraction of sp³-hybridized carbons (Fsp3) is 0.600. The Morgan fingerprint density at radius 2 is 1.89 bits per heavy atom. The average Bonchev–Trinajstić information content (AvgIpc) is 2.30. The molecule has 2 rings (SSSR count). The molecule has 0 unspecified atom stereocenters. The molecule has 0 aromatic carbocycles. The molecule has 1 aliphatic rings. The molecule has 104 valence electrons. The van der Waals surface area contributed by atoms with Gasteiger partial charge in [0.15, 0.2) is 0 Å². The molecule has 1 aromatic rings. The topological polar surface area (TPSA) is 59.3 Å². The third-order valence-electron chi connectivity index (χ3n) is 3.91. The number of amides is 1. The van der Waals surface area contributed by atoms with Crippen LogP contribution in [0.1, 0.15) is 54.3 Å². The Kier molecular flexibility index (Phi) is 4.08. The number of carbonyl (C=O) groups is 1. The zero-order chi connectivity index (χ0) is 14.0. The van der Waals surface area contributed by atoms with Gasteiger partial charge < -0.3 is 9.73 Å². The van der Waals surface area contributed by atoms with Crippen LogP contribution < -0.4 is 10.9 Å². The quantitative estimate of drug-likeness (QED) is 0.892. The van der Waals surface area contributed by atoms with Crippen LogP contribution in [0.5, 0.6) is 0 Å². The molecule has 1 fully saturated rings. The maximum atomic E-state index is 12.3. The summed E-state index contributed by atoms with van der Waals surface area (Å²) in [5.41, 5.74) is 0.770. The van der Waals surface area contributed by atoms with Gasteiger partial charge in [-0.3, -0.25) is 4.79 Å². The summed E-state index contributed by atoms with van der Waals surface area (Å²) < 4.78 is 5.00.